The highest BCUT2D eigenvalue weighted by atomic mass is 16.5. The Bertz CT molecular complexity index is 596. The number of benzene rings is 1. The van der Waals surface area contributed by atoms with Crippen LogP contribution in [0.15, 0.2) is 36.5 Å². The van der Waals surface area contributed by atoms with E-state index in [-0.39, 0.29) is 11.9 Å². The van der Waals surface area contributed by atoms with Crippen molar-refractivity contribution in [1.29, 1.82) is 0 Å². The van der Waals surface area contributed by atoms with E-state index in [4.69, 9.17) is 4.74 Å². The summed E-state index contributed by atoms with van der Waals surface area (Å²) in [5, 5.41) is 7.15. The van der Waals surface area contributed by atoms with Gasteiger partial charge in [0.1, 0.15) is 0 Å². The number of amides is 1. The van der Waals surface area contributed by atoms with Crippen molar-refractivity contribution >= 4 is 16.8 Å². The summed E-state index contributed by atoms with van der Waals surface area (Å²) in [6.45, 7) is 3.50. The second-order valence-corrected chi connectivity index (χ2v) is 4.88. The van der Waals surface area contributed by atoms with Crippen LogP contribution in [0.1, 0.15) is 12.5 Å². The number of ether oxygens (including phenoxy) is 1. The maximum atomic E-state index is 11.9. The van der Waals surface area contributed by atoms with Gasteiger partial charge in [0.05, 0.1) is 18.2 Å². The van der Waals surface area contributed by atoms with Crippen LogP contribution in [0.2, 0.25) is 0 Å². The van der Waals surface area contributed by atoms with Crippen molar-refractivity contribution < 1.29 is 9.53 Å². The minimum atomic E-state index is -0.263. The van der Waals surface area contributed by atoms with E-state index in [2.05, 4.69) is 15.6 Å². The molecule has 0 aliphatic heterocycles. The third kappa shape index (κ3) is 4.24. The number of rotatable bonds is 7. The number of nitrogens with one attached hydrogen (secondary N) is 2. The molecule has 0 fully saturated rings. The number of carbonyl (C=O) groups is 1. The van der Waals surface area contributed by atoms with Crippen molar-refractivity contribution in [1.82, 2.24) is 15.6 Å². The summed E-state index contributed by atoms with van der Waals surface area (Å²) in [5.74, 6) is -0.0276. The van der Waals surface area contributed by atoms with Gasteiger partial charge in [-0.2, -0.15) is 0 Å². The highest BCUT2D eigenvalue weighted by Crippen LogP contribution is 2.15. The molecule has 2 rings (SSSR count). The van der Waals surface area contributed by atoms with Crippen molar-refractivity contribution in [3.05, 3.63) is 42.1 Å². The standard InChI is InChI=1S/C16H21N3O2/c1-12(16(20)18-9-10-21-2)19-11-14-6-3-5-13-7-4-8-17-15(13)14/h3-8,12,19H,9-11H2,1-2H3,(H,18,20). The number of hydrogen-bond donors (Lipinski definition) is 2. The summed E-state index contributed by atoms with van der Waals surface area (Å²) in [7, 11) is 1.61. The summed E-state index contributed by atoms with van der Waals surface area (Å²) < 4.78 is 4.91. The fraction of sp³-hybridized carbons (Fsp3) is 0.375. The van der Waals surface area contributed by atoms with Gasteiger partial charge in [-0.15, -0.1) is 0 Å². The Morgan fingerprint density at radius 2 is 2.14 bits per heavy atom. The van der Waals surface area contributed by atoms with Crippen molar-refractivity contribution in [2.45, 2.75) is 19.5 Å². The second-order valence-electron chi connectivity index (χ2n) is 4.88. The minimum absolute atomic E-state index is 0.0276. The average Bonchev–Trinajstić information content (AvgIpc) is 2.52. The van der Waals surface area contributed by atoms with E-state index in [9.17, 15) is 4.79 Å². The Balaban J connectivity index is 1.94. The van der Waals surface area contributed by atoms with Crippen molar-refractivity contribution in [3.63, 3.8) is 0 Å². The lowest BCUT2D eigenvalue weighted by molar-refractivity contribution is -0.122. The van der Waals surface area contributed by atoms with Gasteiger partial charge in [-0.25, -0.2) is 0 Å². The molecule has 2 aromatic rings. The molecule has 1 aromatic carbocycles. The van der Waals surface area contributed by atoms with E-state index in [1.54, 1.807) is 13.3 Å². The Morgan fingerprint density at radius 3 is 2.95 bits per heavy atom. The van der Waals surface area contributed by atoms with Gasteiger partial charge in [0, 0.05) is 31.8 Å². The number of carbonyl (C=O) groups excluding carboxylic acids is 1. The molecule has 0 aliphatic carbocycles. The zero-order chi connectivity index (χ0) is 15.1. The highest BCUT2D eigenvalue weighted by molar-refractivity contribution is 5.82. The molecule has 2 N–H and O–H groups in total. The average molecular weight is 287 g/mol. The highest BCUT2D eigenvalue weighted by Gasteiger charge is 2.12. The van der Waals surface area contributed by atoms with Crippen LogP contribution in [0.5, 0.6) is 0 Å². The van der Waals surface area contributed by atoms with E-state index >= 15 is 0 Å². The monoisotopic (exact) mass is 287 g/mol. The molecule has 0 spiro atoms. The molecule has 21 heavy (non-hydrogen) atoms. The topological polar surface area (TPSA) is 63.2 Å². The Hall–Kier alpha value is -1.98. The smallest absolute Gasteiger partial charge is 0.236 e. The molecule has 0 radical (unpaired) electrons. The van der Waals surface area contributed by atoms with Gasteiger partial charge >= 0.3 is 0 Å². The van der Waals surface area contributed by atoms with Gasteiger partial charge in [0.2, 0.25) is 5.91 Å². The molecule has 5 heteroatoms. The number of methoxy groups -OCH3 is 1. The summed E-state index contributed by atoms with van der Waals surface area (Å²) in [4.78, 5) is 16.3. The predicted molar refractivity (Wildman–Crippen MR) is 82.9 cm³/mol. The molecule has 0 aliphatic rings. The van der Waals surface area contributed by atoms with Crippen LogP contribution in [0.3, 0.4) is 0 Å². The number of para-hydroxylation sites is 1. The Kier molecular flexibility index (Phi) is 5.66. The van der Waals surface area contributed by atoms with Crippen LogP contribution in [0.4, 0.5) is 0 Å². The predicted octanol–water partition coefficient (Wildman–Crippen LogP) is 1.48. The SMILES string of the molecule is COCCNC(=O)C(C)NCc1cccc2cccnc12. The van der Waals surface area contributed by atoms with Gasteiger partial charge in [0.25, 0.3) is 0 Å². The summed E-state index contributed by atoms with van der Waals surface area (Å²) in [6.07, 6.45) is 1.78. The third-order valence-electron chi connectivity index (χ3n) is 3.31. The molecule has 112 valence electrons. The fourth-order valence-corrected chi connectivity index (χ4v) is 2.10. The Labute approximate surface area is 124 Å². The summed E-state index contributed by atoms with van der Waals surface area (Å²) >= 11 is 0. The molecule has 0 saturated carbocycles. The van der Waals surface area contributed by atoms with Crippen LogP contribution in [0, 0.1) is 0 Å². The van der Waals surface area contributed by atoms with Crippen molar-refractivity contribution in [3.8, 4) is 0 Å². The van der Waals surface area contributed by atoms with E-state index < -0.39 is 0 Å². The van der Waals surface area contributed by atoms with Crippen molar-refractivity contribution in [2.24, 2.45) is 0 Å². The number of hydrogen-bond acceptors (Lipinski definition) is 4. The van der Waals surface area contributed by atoms with E-state index in [0.717, 1.165) is 16.5 Å². The maximum Gasteiger partial charge on any atom is 0.236 e. The lowest BCUT2D eigenvalue weighted by Gasteiger charge is -2.14. The summed E-state index contributed by atoms with van der Waals surface area (Å²) in [5.41, 5.74) is 2.06. The second kappa shape index (κ2) is 7.71. The molecule has 1 aromatic heterocycles. The molecule has 1 atom stereocenters. The molecule has 1 heterocycles. The fourth-order valence-electron chi connectivity index (χ4n) is 2.10. The lowest BCUT2D eigenvalue weighted by Crippen LogP contribution is -2.42. The molecule has 0 saturated heterocycles. The first-order valence-electron chi connectivity index (χ1n) is 7.05. The zero-order valence-electron chi connectivity index (χ0n) is 12.4. The minimum Gasteiger partial charge on any atom is -0.383 e. The molecule has 1 unspecified atom stereocenters. The lowest BCUT2D eigenvalue weighted by atomic mass is 10.1. The van der Waals surface area contributed by atoms with E-state index in [1.165, 1.54) is 0 Å². The van der Waals surface area contributed by atoms with Crippen LogP contribution >= 0.6 is 0 Å². The van der Waals surface area contributed by atoms with Gasteiger partial charge < -0.3 is 15.4 Å². The first-order chi connectivity index (χ1) is 10.2. The van der Waals surface area contributed by atoms with Gasteiger partial charge in [-0.05, 0) is 18.6 Å². The first kappa shape index (κ1) is 15.4. The zero-order valence-corrected chi connectivity index (χ0v) is 12.4. The molecular weight excluding hydrogens is 266 g/mol. The normalized spacial score (nSPS) is 12.3. The number of aromatic nitrogens is 1. The van der Waals surface area contributed by atoms with E-state index in [1.807, 2.05) is 37.3 Å². The maximum absolute atomic E-state index is 11.9. The van der Waals surface area contributed by atoms with Crippen LogP contribution in [-0.4, -0.2) is 37.2 Å². The van der Waals surface area contributed by atoms with E-state index in [0.29, 0.717) is 19.7 Å². The van der Waals surface area contributed by atoms with Crippen molar-refractivity contribution in [2.75, 3.05) is 20.3 Å². The van der Waals surface area contributed by atoms with Gasteiger partial charge in [0.15, 0.2) is 0 Å². The molecular formula is C16H21N3O2. The van der Waals surface area contributed by atoms with Gasteiger partial charge in [-0.1, -0.05) is 24.3 Å². The first-order valence-corrected chi connectivity index (χ1v) is 7.05. The number of nitrogens with zero attached hydrogens (tertiary/aromatic N) is 1. The number of fused-ring (bicyclic) bond motifs is 1. The quantitative estimate of drug-likeness (QED) is 0.757. The Morgan fingerprint density at radius 1 is 1.33 bits per heavy atom. The largest absolute Gasteiger partial charge is 0.383 e. The number of pyridine rings is 1. The summed E-state index contributed by atoms with van der Waals surface area (Å²) in [6, 6.07) is 9.76. The molecule has 0 bridgehead atoms. The van der Waals surface area contributed by atoms with Crippen LogP contribution < -0.4 is 10.6 Å². The van der Waals surface area contributed by atoms with Crippen LogP contribution in [-0.2, 0) is 16.1 Å². The molecule has 5 nitrogen and oxygen atoms in total. The molecule has 1 amide bonds. The third-order valence-corrected chi connectivity index (χ3v) is 3.31. The van der Waals surface area contributed by atoms with Crippen LogP contribution in [0.25, 0.3) is 10.9 Å². The van der Waals surface area contributed by atoms with Gasteiger partial charge in [-0.3, -0.25) is 9.78 Å².